The van der Waals surface area contributed by atoms with Crippen LogP contribution in [0, 0.1) is 11.3 Å². The van der Waals surface area contributed by atoms with Gasteiger partial charge in [0.25, 0.3) is 0 Å². The van der Waals surface area contributed by atoms with Crippen LogP contribution in [-0.2, 0) is 6.42 Å². The summed E-state index contributed by atoms with van der Waals surface area (Å²) in [6.07, 6.45) is 0.295. The number of nitrogen functional groups attached to an aromatic ring is 1. The second-order valence-corrected chi connectivity index (χ2v) is 3.58. The fourth-order valence-electron chi connectivity index (χ4n) is 0.889. The molecule has 0 radical (unpaired) electrons. The molecule has 1 aromatic carbocycles. The van der Waals surface area contributed by atoms with Crippen LogP contribution in [-0.4, -0.2) is 0 Å². The SMILES string of the molecule is N#CCc1c(N)cc(Cl)cc1Br. The molecule has 1 rings (SSSR count). The van der Waals surface area contributed by atoms with Crippen molar-refractivity contribution >= 4 is 33.2 Å². The molecule has 0 aliphatic heterocycles. The fourth-order valence-corrected chi connectivity index (χ4v) is 1.86. The lowest BCUT2D eigenvalue weighted by atomic mass is 10.1. The van der Waals surface area contributed by atoms with Crippen molar-refractivity contribution in [3.8, 4) is 6.07 Å². The molecule has 0 saturated carbocycles. The van der Waals surface area contributed by atoms with E-state index in [1.165, 1.54) is 0 Å². The van der Waals surface area contributed by atoms with Crippen molar-refractivity contribution in [3.05, 3.63) is 27.2 Å². The molecule has 12 heavy (non-hydrogen) atoms. The molecule has 0 amide bonds. The van der Waals surface area contributed by atoms with Crippen LogP contribution in [0.15, 0.2) is 16.6 Å². The van der Waals surface area contributed by atoms with Crippen molar-refractivity contribution in [3.63, 3.8) is 0 Å². The molecule has 0 aliphatic rings. The van der Waals surface area contributed by atoms with E-state index in [1.807, 2.05) is 6.07 Å². The van der Waals surface area contributed by atoms with E-state index >= 15 is 0 Å². The zero-order valence-corrected chi connectivity index (χ0v) is 8.48. The van der Waals surface area contributed by atoms with Crippen molar-refractivity contribution in [2.75, 3.05) is 5.73 Å². The van der Waals surface area contributed by atoms with Crippen molar-refractivity contribution in [1.82, 2.24) is 0 Å². The normalized spacial score (nSPS) is 9.42. The summed E-state index contributed by atoms with van der Waals surface area (Å²) < 4.78 is 0.786. The van der Waals surface area contributed by atoms with Gasteiger partial charge in [0.15, 0.2) is 0 Å². The first-order valence-electron chi connectivity index (χ1n) is 3.25. The average Bonchev–Trinajstić information content (AvgIpc) is 1.96. The second-order valence-electron chi connectivity index (χ2n) is 2.29. The van der Waals surface area contributed by atoms with E-state index in [-0.39, 0.29) is 0 Å². The van der Waals surface area contributed by atoms with Gasteiger partial charge in [0.1, 0.15) is 0 Å². The predicted octanol–water partition coefficient (Wildman–Crippen LogP) is 2.75. The number of nitriles is 1. The molecule has 0 unspecified atom stereocenters. The van der Waals surface area contributed by atoms with Crippen molar-refractivity contribution < 1.29 is 0 Å². The van der Waals surface area contributed by atoms with E-state index in [0.717, 1.165) is 10.0 Å². The van der Waals surface area contributed by atoms with Gasteiger partial charge in [-0.05, 0) is 12.1 Å². The molecule has 0 spiro atoms. The third-order valence-corrected chi connectivity index (χ3v) is 2.38. The van der Waals surface area contributed by atoms with E-state index in [1.54, 1.807) is 12.1 Å². The van der Waals surface area contributed by atoms with Gasteiger partial charge in [-0.1, -0.05) is 27.5 Å². The molecule has 2 nitrogen and oxygen atoms in total. The van der Waals surface area contributed by atoms with Gasteiger partial charge in [0, 0.05) is 20.7 Å². The van der Waals surface area contributed by atoms with E-state index < -0.39 is 0 Å². The van der Waals surface area contributed by atoms with Gasteiger partial charge in [0.05, 0.1) is 12.5 Å². The van der Waals surface area contributed by atoms with Crippen LogP contribution >= 0.6 is 27.5 Å². The zero-order chi connectivity index (χ0) is 9.14. The van der Waals surface area contributed by atoms with Crippen LogP contribution in [0.2, 0.25) is 5.02 Å². The molecular formula is C8H6BrClN2. The largest absolute Gasteiger partial charge is 0.398 e. The molecule has 0 heterocycles. The third kappa shape index (κ3) is 1.90. The maximum atomic E-state index is 8.48. The zero-order valence-electron chi connectivity index (χ0n) is 6.14. The number of nitrogens with zero attached hydrogens (tertiary/aromatic N) is 1. The molecule has 62 valence electrons. The summed E-state index contributed by atoms with van der Waals surface area (Å²) in [6.45, 7) is 0. The Balaban J connectivity index is 3.21. The molecule has 0 bridgehead atoms. The topological polar surface area (TPSA) is 49.8 Å². The summed E-state index contributed by atoms with van der Waals surface area (Å²) in [5.74, 6) is 0. The summed E-state index contributed by atoms with van der Waals surface area (Å²) in [6, 6.07) is 5.40. The molecule has 0 fully saturated rings. The monoisotopic (exact) mass is 244 g/mol. The number of benzene rings is 1. The summed E-state index contributed by atoms with van der Waals surface area (Å²) in [5, 5.41) is 9.05. The van der Waals surface area contributed by atoms with Crippen LogP contribution in [0.4, 0.5) is 5.69 Å². The number of hydrogen-bond donors (Lipinski definition) is 1. The van der Waals surface area contributed by atoms with Crippen LogP contribution < -0.4 is 5.73 Å². The Morgan fingerprint density at radius 2 is 2.25 bits per heavy atom. The molecule has 0 aliphatic carbocycles. The van der Waals surface area contributed by atoms with Crippen molar-refractivity contribution in [2.45, 2.75) is 6.42 Å². The highest BCUT2D eigenvalue weighted by atomic mass is 79.9. The Kier molecular flexibility index (Phi) is 2.96. The van der Waals surface area contributed by atoms with Crippen LogP contribution in [0.3, 0.4) is 0 Å². The standard InChI is InChI=1S/C8H6BrClN2/c9-7-3-5(10)4-8(12)6(7)1-2-11/h3-4H,1,12H2. The summed E-state index contributed by atoms with van der Waals surface area (Å²) in [5.41, 5.74) is 6.99. The van der Waals surface area contributed by atoms with Gasteiger partial charge < -0.3 is 5.73 Å². The summed E-state index contributed by atoms with van der Waals surface area (Å²) in [7, 11) is 0. The van der Waals surface area contributed by atoms with Crippen LogP contribution in [0.25, 0.3) is 0 Å². The Labute approximate surface area is 84.1 Å². The lowest BCUT2D eigenvalue weighted by Gasteiger charge is -2.04. The summed E-state index contributed by atoms with van der Waals surface area (Å²) in [4.78, 5) is 0. The number of anilines is 1. The highest BCUT2D eigenvalue weighted by Crippen LogP contribution is 2.27. The maximum Gasteiger partial charge on any atom is 0.0670 e. The minimum atomic E-state index is 0.295. The average molecular weight is 246 g/mol. The first kappa shape index (κ1) is 9.37. The number of hydrogen-bond acceptors (Lipinski definition) is 2. The molecule has 0 aromatic heterocycles. The lowest BCUT2D eigenvalue weighted by molar-refractivity contribution is 1.25. The lowest BCUT2D eigenvalue weighted by Crippen LogP contribution is -1.94. The second kappa shape index (κ2) is 3.79. The minimum Gasteiger partial charge on any atom is -0.398 e. The number of nitrogens with two attached hydrogens (primary N) is 1. The Hall–Kier alpha value is -0.720. The van der Waals surface area contributed by atoms with E-state index in [2.05, 4.69) is 15.9 Å². The molecule has 2 N–H and O–H groups in total. The van der Waals surface area contributed by atoms with E-state index in [4.69, 9.17) is 22.6 Å². The maximum absolute atomic E-state index is 8.48. The Bertz CT molecular complexity index is 320. The Morgan fingerprint density at radius 1 is 1.58 bits per heavy atom. The molecule has 4 heteroatoms. The van der Waals surface area contributed by atoms with Gasteiger partial charge in [-0.3, -0.25) is 0 Å². The first-order valence-corrected chi connectivity index (χ1v) is 4.42. The van der Waals surface area contributed by atoms with Crippen LogP contribution in [0.1, 0.15) is 5.56 Å². The minimum absolute atomic E-state index is 0.295. The number of halogens is 2. The van der Waals surface area contributed by atoms with Crippen molar-refractivity contribution in [2.24, 2.45) is 0 Å². The highest BCUT2D eigenvalue weighted by Gasteiger charge is 2.04. The quantitative estimate of drug-likeness (QED) is 0.774. The smallest absolute Gasteiger partial charge is 0.0670 e. The predicted molar refractivity (Wildman–Crippen MR) is 52.9 cm³/mol. The first-order chi connectivity index (χ1) is 5.65. The molecule has 1 aromatic rings. The van der Waals surface area contributed by atoms with Gasteiger partial charge in [-0.15, -0.1) is 0 Å². The van der Waals surface area contributed by atoms with Crippen LogP contribution in [0.5, 0.6) is 0 Å². The molecular weight excluding hydrogens is 239 g/mol. The molecule has 0 saturated heterocycles. The molecule has 0 atom stereocenters. The Morgan fingerprint density at radius 3 is 2.75 bits per heavy atom. The summed E-state index contributed by atoms with van der Waals surface area (Å²) >= 11 is 9.01. The number of rotatable bonds is 1. The van der Waals surface area contributed by atoms with Gasteiger partial charge in [-0.25, -0.2) is 0 Å². The van der Waals surface area contributed by atoms with Crippen molar-refractivity contribution in [1.29, 1.82) is 5.26 Å². The van der Waals surface area contributed by atoms with E-state index in [9.17, 15) is 0 Å². The van der Waals surface area contributed by atoms with Gasteiger partial charge in [0.2, 0.25) is 0 Å². The van der Waals surface area contributed by atoms with Gasteiger partial charge >= 0.3 is 0 Å². The van der Waals surface area contributed by atoms with E-state index in [0.29, 0.717) is 17.1 Å². The fraction of sp³-hybridized carbons (Fsp3) is 0.125. The van der Waals surface area contributed by atoms with Gasteiger partial charge in [-0.2, -0.15) is 5.26 Å². The third-order valence-electron chi connectivity index (χ3n) is 1.45. The highest BCUT2D eigenvalue weighted by molar-refractivity contribution is 9.10.